The lowest BCUT2D eigenvalue weighted by Gasteiger charge is -2.36. The number of phenolic OH excluding ortho intramolecular Hbond substituents is 1. The Morgan fingerprint density at radius 2 is 1.52 bits per heavy atom. The number of carbonyl (C=O) groups is 2. The van der Waals surface area contributed by atoms with Gasteiger partial charge in [-0.15, -0.1) is 0 Å². The minimum Gasteiger partial charge on any atom is -0.508 e. The number of phenols is 1. The predicted molar refractivity (Wildman–Crippen MR) is 106 cm³/mol. The van der Waals surface area contributed by atoms with Crippen LogP contribution >= 0.6 is 0 Å². The van der Waals surface area contributed by atoms with Crippen LogP contribution in [0.2, 0.25) is 0 Å². The molecule has 0 bridgehead atoms. The molecule has 0 aliphatic carbocycles. The van der Waals surface area contributed by atoms with Gasteiger partial charge in [0.2, 0.25) is 5.91 Å². The van der Waals surface area contributed by atoms with E-state index in [1.807, 2.05) is 41.3 Å². The van der Waals surface area contributed by atoms with E-state index in [0.717, 1.165) is 25.2 Å². The SMILES string of the molecule is CCc1ccc(C(=O)CCC(=O)N2CCN(c3ccc(O)cc3)CC2)cc1. The average molecular weight is 366 g/mol. The van der Waals surface area contributed by atoms with Gasteiger partial charge >= 0.3 is 0 Å². The monoisotopic (exact) mass is 366 g/mol. The highest BCUT2D eigenvalue weighted by Gasteiger charge is 2.22. The molecule has 0 radical (unpaired) electrons. The molecule has 1 aliphatic rings. The number of benzene rings is 2. The number of nitrogens with zero attached hydrogens (tertiary/aromatic N) is 2. The zero-order valence-electron chi connectivity index (χ0n) is 15.7. The van der Waals surface area contributed by atoms with Gasteiger partial charge < -0.3 is 14.9 Å². The molecule has 1 saturated heterocycles. The third kappa shape index (κ3) is 4.88. The highest BCUT2D eigenvalue weighted by Crippen LogP contribution is 2.20. The van der Waals surface area contributed by atoms with Crippen molar-refractivity contribution < 1.29 is 14.7 Å². The maximum Gasteiger partial charge on any atom is 0.223 e. The van der Waals surface area contributed by atoms with Crippen LogP contribution < -0.4 is 4.90 Å². The predicted octanol–water partition coefficient (Wildman–Crippen LogP) is 3.27. The van der Waals surface area contributed by atoms with Crippen molar-refractivity contribution in [3.8, 4) is 5.75 Å². The van der Waals surface area contributed by atoms with Crippen molar-refractivity contribution in [2.45, 2.75) is 26.2 Å². The molecule has 0 aromatic heterocycles. The Labute approximate surface area is 160 Å². The van der Waals surface area contributed by atoms with Crippen molar-refractivity contribution in [2.75, 3.05) is 31.1 Å². The number of hydrogen-bond donors (Lipinski definition) is 1. The Morgan fingerprint density at radius 1 is 0.889 bits per heavy atom. The van der Waals surface area contributed by atoms with Gasteiger partial charge in [-0.1, -0.05) is 31.2 Å². The third-order valence-electron chi connectivity index (χ3n) is 5.10. The molecule has 0 unspecified atom stereocenters. The number of anilines is 1. The van der Waals surface area contributed by atoms with Gasteiger partial charge in [0, 0.05) is 50.3 Å². The summed E-state index contributed by atoms with van der Waals surface area (Å²) in [6.45, 7) is 4.89. The lowest BCUT2D eigenvalue weighted by Crippen LogP contribution is -2.48. The summed E-state index contributed by atoms with van der Waals surface area (Å²) in [6.07, 6.45) is 1.46. The molecule has 142 valence electrons. The molecule has 0 saturated carbocycles. The third-order valence-corrected chi connectivity index (χ3v) is 5.10. The van der Waals surface area contributed by atoms with Crippen LogP contribution in [0.4, 0.5) is 5.69 Å². The molecule has 1 heterocycles. The fraction of sp³-hybridized carbons (Fsp3) is 0.364. The molecule has 1 fully saturated rings. The van der Waals surface area contributed by atoms with E-state index in [-0.39, 0.29) is 30.3 Å². The van der Waals surface area contributed by atoms with E-state index in [9.17, 15) is 14.7 Å². The van der Waals surface area contributed by atoms with Crippen LogP contribution in [0, 0.1) is 0 Å². The first-order chi connectivity index (χ1) is 13.1. The van der Waals surface area contributed by atoms with Gasteiger partial charge in [0.15, 0.2) is 5.78 Å². The highest BCUT2D eigenvalue weighted by molar-refractivity contribution is 5.98. The molecule has 5 heteroatoms. The lowest BCUT2D eigenvalue weighted by atomic mass is 10.0. The van der Waals surface area contributed by atoms with E-state index < -0.39 is 0 Å². The average Bonchev–Trinajstić information content (AvgIpc) is 2.72. The largest absolute Gasteiger partial charge is 0.508 e. The van der Waals surface area contributed by atoms with Crippen molar-refractivity contribution in [3.63, 3.8) is 0 Å². The van der Waals surface area contributed by atoms with Crippen LogP contribution in [0.1, 0.15) is 35.7 Å². The quantitative estimate of drug-likeness (QED) is 0.797. The van der Waals surface area contributed by atoms with Crippen molar-refractivity contribution in [2.24, 2.45) is 0 Å². The first-order valence-corrected chi connectivity index (χ1v) is 9.50. The summed E-state index contributed by atoms with van der Waals surface area (Å²) in [5, 5.41) is 9.38. The minimum atomic E-state index is 0.0220. The van der Waals surface area contributed by atoms with Crippen LogP contribution in [0.25, 0.3) is 0 Å². The molecule has 1 aliphatic heterocycles. The van der Waals surface area contributed by atoms with Gasteiger partial charge in [-0.25, -0.2) is 0 Å². The summed E-state index contributed by atoms with van der Waals surface area (Å²) >= 11 is 0. The van der Waals surface area contributed by atoms with E-state index >= 15 is 0 Å². The summed E-state index contributed by atoms with van der Waals surface area (Å²) in [5.74, 6) is 0.314. The molecular formula is C22H26N2O3. The van der Waals surface area contributed by atoms with Gasteiger partial charge in [-0.3, -0.25) is 9.59 Å². The summed E-state index contributed by atoms with van der Waals surface area (Å²) < 4.78 is 0. The Hall–Kier alpha value is -2.82. The second kappa shape index (κ2) is 8.71. The van der Waals surface area contributed by atoms with E-state index in [2.05, 4.69) is 11.8 Å². The van der Waals surface area contributed by atoms with Gasteiger partial charge in [-0.05, 0) is 36.2 Å². The number of carbonyl (C=O) groups excluding carboxylic acids is 2. The number of amides is 1. The standard InChI is InChI=1S/C22H26N2O3/c1-2-17-3-5-18(6-4-17)21(26)11-12-22(27)24-15-13-23(14-16-24)19-7-9-20(25)10-8-19/h3-10,25H,2,11-16H2,1H3. The van der Waals surface area contributed by atoms with E-state index in [0.29, 0.717) is 18.7 Å². The topological polar surface area (TPSA) is 60.9 Å². The number of rotatable bonds is 6. The van der Waals surface area contributed by atoms with Crippen LogP contribution in [-0.2, 0) is 11.2 Å². The van der Waals surface area contributed by atoms with Gasteiger partial charge in [0.05, 0.1) is 0 Å². The van der Waals surface area contributed by atoms with Crippen molar-refractivity contribution in [1.82, 2.24) is 4.90 Å². The molecule has 1 N–H and O–H groups in total. The van der Waals surface area contributed by atoms with Gasteiger partial charge in [-0.2, -0.15) is 0 Å². The Balaban J connectivity index is 1.46. The van der Waals surface area contributed by atoms with Gasteiger partial charge in [0.25, 0.3) is 0 Å². The van der Waals surface area contributed by atoms with Crippen molar-refractivity contribution in [1.29, 1.82) is 0 Å². The molecule has 5 nitrogen and oxygen atoms in total. The summed E-state index contributed by atoms with van der Waals surface area (Å²) in [7, 11) is 0. The maximum atomic E-state index is 12.4. The second-order valence-electron chi connectivity index (χ2n) is 6.86. The first kappa shape index (κ1) is 19.0. The number of hydrogen-bond acceptors (Lipinski definition) is 4. The fourth-order valence-electron chi connectivity index (χ4n) is 3.33. The normalized spacial score (nSPS) is 14.3. The first-order valence-electron chi connectivity index (χ1n) is 9.50. The van der Waals surface area contributed by atoms with Crippen LogP contribution in [0.3, 0.4) is 0 Å². The van der Waals surface area contributed by atoms with Crippen LogP contribution in [-0.4, -0.2) is 47.9 Å². The van der Waals surface area contributed by atoms with E-state index in [1.165, 1.54) is 5.56 Å². The summed E-state index contributed by atoms with van der Waals surface area (Å²) in [6, 6.07) is 14.8. The maximum absolute atomic E-state index is 12.4. The second-order valence-corrected chi connectivity index (χ2v) is 6.86. The molecule has 0 spiro atoms. The molecular weight excluding hydrogens is 340 g/mol. The Kier molecular flexibility index (Phi) is 6.12. The summed E-state index contributed by atoms with van der Waals surface area (Å²) in [4.78, 5) is 28.8. The summed E-state index contributed by atoms with van der Waals surface area (Å²) in [5.41, 5.74) is 2.93. The van der Waals surface area contributed by atoms with Crippen molar-refractivity contribution >= 4 is 17.4 Å². The number of aryl methyl sites for hydroxylation is 1. The van der Waals surface area contributed by atoms with Crippen LogP contribution in [0.15, 0.2) is 48.5 Å². The van der Waals surface area contributed by atoms with Crippen LogP contribution in [0.5, 0.6) is 5.75 Å². The molecule has 2 aromatic carbocycles. The highest BCUT2D eigenvalue weighted by atomic mass is 16.3. The number of aromatic hydroxyl groups is 1. The van der Waals surface area contributed by atoms with Gasteiger partial charge in [0.1, 0.15) is 5.75 Å². The Morgan fingerprint density at radius 3 is 2.11 bits per heavy atom. The molecule has 2 aromatic rings. The van der Waals surface area contributed by atoms with Crippen molar-refractivity contribution in [3.05, 3.63) is 59.7 Å². The zero-order valence-corrected chi connectivity index (χ0v) is 15.7. The molecule has 27 heavy (non-hydrogen) atoms. The lowest BCUT2D eigenvalue weighted by molar-refractivity contribution is -0.131. The molecule has 3 rings (SSSR count). The van der Waals surface area contributed by atoms with E-state index in [1.54, 1.807) is 12.1 Å². The molecule has 1 amide bonds. The minimum absolute atomic E-state index is 0.0220. The Bertz CT molecular complexity index is 776. The fourth-order valence-corrected chi connectivity index (χ4v) is 3.33. The molecule has 0 atom stereocenters. The number of Topliss-reactive ketones (excluding diaryl/α,β-unsaturated/α-hetero) is 1. The number of ketones is 1. The smallest absolute Gasteiger partial charge is 0.223 e. The number of piperazine rings is 1. The van der Waals surface area contributed by atoms with E-state index in [4.69, 9.17) is 0 Å². The zero-order chi connectivity index (χ0) is 19.2.